The van der Waals surface area contributed by atoms with Gasteiger partial charge in [0.2, 0.25) is 0 Å². The maximum Gasteiger partial charge on any atom is 0.416 e. The number of aromatic hydroxyl groups is 1. The molecule has 7 heteroatoms. The highest BCUT2D eigenvalue weighted by Gasteiger charge is 2.30. The molecule has 4 nitrogen and oxygen atoms in total. The second-order valence-electron chi connectivity index (χ2n) is 4.95. The van der Waals surface area contributed by atoms with E-state index in [0.717, 1.165) is 17.7 Å². The first-order chi connectivity index (χ1) is 11.9. The zero-order chi connectivity index (χ0) is 18.3. The fourth-order valence-electron chi connectivity index (χ4n) is 1.84. The molecule has 0 atom stereocenters. The molecule has 0 aliphatic rings. The number of benzene rings is 2. The van der Waals surface area contributed by atoms with Gasteiger partial charge in [-0.2, -0.15) is 13.2 Å². The van der Waals surface area contributed by atoms with Crippen LogP contribution in [0.15, 0.2) is 48.5 Å². The number of alkyl halides is 3. The van der Waals surface area contributed by atoms with Crippen LogP contribution in [0.2, 0.25) is 0 Å². The standard InChI is InChI=1S/C18H14F3NO3/c19-18(20,21)15-9-8-14(16(23)11-15)7-4-10-22-17(24)25-12-13-5-2-1-3-6-13/h1-3,5-6,8-9,11,23H,10,12H2,(H,22,24). The molecule has 2 aromatic rings. The third-order valence-corrected chi connectivity index (χ3v) is 3.08. The normalized spacial score (nSPS) is 10.5. The lowest BCUT2D eigenvalue weighted by Gasteiger charge is -2.07. The van der Waals surface area contributed by atoms with Gasteiger partial charge in [0.1, 0.15) is 12.4 Å². The van der Waals surface area contributed by atoms with Gasteiger partial charge in [0.15, 0.2) is 0 Å². The molecule has 130 valence electrons. The molecule has 2 rings (SSSR count). The fourth-order valence-corrected chi connectivity index (χ4v) is 1.84. The zero-order valence-electron chi connectivity index (χ0n) is 12.9. The van der Waals surface area contributed by atoms with Crippen LogP contribution in [-0.4, -0.2) is 17.7 Å². The van der Waals surface area contributed by atoms with Crippen LogP contribution >= 0.6 is 0 Å². The average molecular weight is 349 g/mol. The van der Waals surface area contributed by atoms with Crippen molar-refractivity contribution < 1.29 is 27.8 Å². The van der Waals surface area contributed by atoms with Crippen molar-refractivity contribution in [3.63, 3.8) is 0 Å². The molecular formula is C18H14F3NO3. The molecule has 0 saturated heterocycles. The summed E-state index contributed by atoms with van der Waals surface area (Å²) in [6, 6.07) is 11.6. The molecule has 2 aromatic carbocycles. The van der Waals surface area contributed by atoms with Gasteiger partial charge in [-0.25, -0.2) is 4.79 Å². The number of alkyl carbamates (subject to hydrolysis) is 1. The predicted octanol–water partition coefficient (Wildman–Crippen LogP) is 3.69. The third-order valence-electron chi connectivity index (χ3n) is 3.08. The van der Waals surface area contributed by atoms with Crippen molar-refractivity contribution in [2.45, 2.75) is 12.8 Å². The van der Waals surface area contributed by atoms with Crippen molar-refractivity contribution in [1.82, 2.24) is 5.32 Å². The maximum absolute atomic E-state index is 12.5. The number of ether oxygens (including phenoxy) is 1. The summed E-state index contributed by atoms with van der Waals surface area (Å²) < 4.78 is 42.4. The first-order valence-corrected chi connectivity index (χ1v) is 7.20. The third kappa shape index (κ3) is 5.77. The van der Waals surface area contributed by atoms with Crippen LogP contribution in [0, 0.1) is 11.8 Å². The molecule has 0 radical (unpaired) electrons. The minimum atomic E-state index is -4.53. The fraction of sp³-hybridized carbons (Fsp3) is 0.167. The van der Waals surface area contributed by atoms with Crippen molar-refractivity contribution in [2.24, 2.45) is 0 Å². The Morgan fingerprint density at radius 2 is 1.88 bits per heavy atom. The zero-order valence-corrected chi connectivity index (χ0v) is 12.9. The Bertz CT molecular complexity index is 793. The van der Waals surface area contributed by atoms with E-state index < -0.39 is 23.6 Å². The van der Waals surface area contributed by atoms with Gasteiger partial charge in [0.05, 0.1) is 17.7 Å². The Morgan fingerprint density at radius 3 is 2.52 bits per heavy atom. The van der Waals surface area contributed by atoms with Gasteiger partial charge in [-0.05, 0) is 23.8 Å². The van der Waals surface area contributed by atoms with Crippen molar-refractivity contribution in [3.05, 3.63) is 65.2 Å². The minimum Gasteiger partial charge on any atom is -0.507 e. The molecule has 0 aliphatic carbocycles. The van der Waals surface area contributed by atoms with E-state index >= 15 is 0 Å². The summed E-state index contributed by atoms with van der Waals surface area (Å²) in [5.74, 6) is 4.43. The van der Waals surface area contributed by atoms with Gasteiger partial charge in [0, 0.05) is 0 Å². The van der Waals surface area contributed by atoms with E-state index in [1.165, 1.54) is 0 Å². The number of phenolic OH excluding ortho intramolecular Hbond substituents is 1. The number of amides is 1. The SMILES string of the molecule is O=C(NCC#Cc1ccc(C(F)(F)F)cc1O)OCc1ccccc1. The maximum atomic E-state index is 12.5. The smallest absolute Gasteiger partial charge is 0.416 e. The van der Waals surface area contributed by atoms with Gasteiger partial charge >= 0.3 is 12.3 Å². The summed E-state index contributed by atoms with van der Waals surface area (Å²) in [6.45, 7) is 0.0356. The molecule has 2 N–H and O–H groups in total. The number of phenols is 1. The van der Waals surface area contributed by atoms with Crippen LogP contribution in [0.5, 0.6) is 5.75 Å². The van der Waals surface area contributed by atoms with Crippen LogP contribution in [-0.2, 0) is 17.5 Å². The molecule has 0 unspecified atom stereocenters. The number of carbonyl (C=O) groups is 1. The van der Waals surface area contributed by atoms with Gasteiger partial charge in [-0.3, -0.25) is 0 Å². The lowest BCUT2D eigenvalue weighted by molar-refractivity contribution is -0.137. The van der Waals surface area contributed by atoms with Gasteiger partial charge in [-0.1, -0.05) is 42.2 Å². The topological polar surface area (TPSA) is 58.6 Å². The number of halogens is 3. The highest BCUT2D eigenvalue weighted by Crippen LogP contribution is 2.32. The molecule has 0 saturated carbocycles. The monoisotopic (exact) mass is 349 g/mol. The molecule has 0 aliphatic heterocycles. The van der Waals surface area contributed by atoms with E-state index in [4.69, 9.17) is 4.74 Å². The van der Waals surface area contributed by atoms with Crippen LogP contribution < -0.4 is 5.32 Å². The second kappa shape index (κ2) is 8.11. The quantitative estimate of drug-likeness (QED) is 0.831. The van der Waals surface area contributed by atoms with Gasteiger partial charge in [-0.15, -0.1) is 0 Å². The molecule has 0 bridgehead atoms. The first-order valence-electron chi connectivity index (χ1n) is 7.20. The Balaban J connectivity index is 1.83. The molecule has 1 amide bonds. The summed E-state index contributed by atoms with van der Waals surface area (Å²) in [6.07, 6.45) is -5.21. The summed E-state index contributed by atoms with van der Waals surface area (Å²) in [5.41, 5.74) is -0.0935. The molecule has 0 fully saturated rings. The Hall–Kier alpha value is -3.14. The van der Waals surface area contributed by atoms with Crippen LogP contribution in [0.3, 0.4) is 0 Å². The van der Waals surface area contributed by atoms with Crippen molar-refractivity contribution in [2.75, 3.05) is 6.54 Å². The molecule has 0 heterocycles. The summed E-state index contributed by atoms with van der Waals surface area (Å²) in [4.78, 5) is 11.5. The highest BCUT2D eigenvalue weighted by atomic mass is 19.4. The van der Waals surface area contributed by atoms with Crippen LogP contribution in [0.25, 0.3) is 0 Å². The van der Waals surface area contributed by atoms with Crippen molar-refractivity contribution >= 4 is 6.09 Å². The predicted molar refractivity (Wildman–Crippen MR) is 84.6 cm³/mol. The largest absolute Gasteiger partial charge is 0.507 e. The van der Waals surface area contributed by atoms with Crippen molar-refractivity contribution in [1.29, 1.82) is 0 Å². The van der Waals surface area contributed by atoms with Gasteiger partial charge in [0.25, 0.3) is 0 Å². The Morgan fingerprint density at radius 1 is 1.16 bits per heavy atom. The van der Waals surface area contributed by atoms with E-state index in [-0.39, 0.29) is 18.7 Å². The number of nitrogens with one attached hydrogen (secondary N) is 1. The average Bonchev–Trinajstić information content (AvgIpc) is 2.58. The number of hydrogen-bond donors (Lipinski definition) is 2. The number of hydrogen-bond acceptors (Lipinski definition) is 3. The Labute approximate surface area is 142 Å². The number of carbonyl (C=O) groups excluding carboxylic acids is 1. The van der Waals surface area contributed by atoms with Crippen molar-refractivity contribution in [3.8, 4) is 17.6 Å². The highest BCUT2D eigenvalue weighted by molar-refractivity contribution is 5.67. The van der Waals surface area contributed by atoms with E-state index in [0.29, 0.717) is 6.07 Å². The molecule has 0 spiro atoms. The summed E-state index contributed by atoms with van der Waals surface area (Å²) in [5, 5.41) is 11.9. The lowest BCUT2D eigenvalue weighted by atomic mass is 10.1. The molecule has 25 heavy (non-hydrogen) atoms. The molecule has 0 aromatic heterocycles. The minimum absolute atomic E-state index is 0.0347. The first kappa shape index (κ1) is 18.2. The van der Waals surface area contributed by atoms with Gasteiger partial charge < -0.3 is 15.2 Å². The summed E-state index contributed by atoms with van der Waals surface area (Å²) in [7, 11) is 0. The van der Waals surface area contributed by atoms with Crippen LogP contribution in [0.1, 0.15) is 16.7 Å². The van der Waals surface area contributed by atoms with E-state index in [2.05, 4.69) is 17.2 Å². The Kier molecular flexibility index (Phi) is 5.90. The second-order valence-corrected chi connectivity index (χ2v) is 4.95. The summed E-state index contributed by atoms with van der Waals surface area (Å²) >= 11 is 0. The molecular weight excluding hydrogens is 335 g/mol. The van der Waals surface area contributed by atoms with Crippen LogP contribution in [0.4, 0.5) is 18.0 Å². The van der Waals surface area contributed by atoms with E-state index in [1.54, 1.807) is 12.1 Å². The van der Waals surface area contributed by atoms with E-state index in [9.17, 15) is 23.1 Å². The lowest BCUT2D eigenvalue weighted by Crippen LogP contribution is -2.24. The van der Waals surface area contributed by atoms with E-state index in [1.807, 2.05) is 18.2 Å². The number of rotatable bonds is 3.